The average Bonchev–Trinajstić information content (AvgIpc) is 2.27. The molecule has 0 aliphatic rings. The third kappa shape index (κ3) is 4.88. The molecule has 0 aliphatic carbocycles. The molecule has 3 nitrogen and oxygen atoms in total. The summed E-state index contributed by atoms with van der Waals surface area (Å²) in [4.78, 5) is 13.0. The molecule has 1 rings (SSSR count). The number of hydrogen-bond acceptors (Lipinski definition) is 3. The van der Waals surface area contributed by atoms with Gasteiger partial charge in [-0.1, -0.05) is 15.9 Å². The zero-order valence-corrected chi connectivity index (χ0v) is 12.1. The van der Waals surface area contributed by atoms with Gasteiger partial charge in [0.1, 0.15) is 11.5 Å². The van der Waals surface area contributed by atoms with Crippen LogP contribution in [0.25, 0.3) is 0 Å². The van der Waals surface area contributed by atoms with E-state index in [2.05, 4.69) is 20.8 Å². The fourth-order valence-electron chi connectivity index (χ4n) is 1.59. The number of ether oxygens (including phenoxy) is 1. The quantitative estimate of drug-likeness (QED) is 0.809. The first kappa shape index (κ1) is 14.2. The Morgan fingerprint density at radius 1 is 1.47 bits per heavy atom. The number of halogens is 1. The van der Waals surface area contributed by atoms with Crippen molar-refractivity contribution < 1.29 is 9.53 Å². The van der Waals surface area contributed by atoms with E-state index in [0.29, 0.717) is 6.42 Å². The van der Waals surface area contributed by atoms with E-state index < -0.39 is 0 Å². The Kier molecular flexibility index (Phi) is 5.65. The van der Waals surface area contributed by atoms with Gasteiger partial charge in [-0.2, -0.15) is 0 Å². The highest BCUT2D eigenvalue weighted by molar-refractivity contribution is 9.10. The Morgan fingerprint density at radius 2 is 2.18 bits per heavy atom. The normalized spacial score (nSPS) is 10.6. The lowest BCUT2D eigenvalue weighted by atomic mass is 10.2. The number of hydrogen-bond donors (Lipinski definition) is 0. The molecule has 0 amide bonds. The first-order valence-electron chi connectivity index (χ1n) is 5.53. The predicted octanol–water partition coefficient (Wildman–Crippen LogP) is 2.87. The second-order valence-corrected chi connectivity index (χ2v) is 5.06. The molecule has 0 atom stereocenters. The van der Waals surface area contributed by atoms with E-state index in [4.69, 9.17) is 4.74 Å². The minimum atomic E-state index is 0.220. The standard InChI is InChI=1S/C13H18BrNO2/c1-10(16)6-7-15(2)9-11-8-12(14)4-5-13(11)17-3/h4-5,8H,6-7,9H2,1-3H3. The second-order valence-electron chi connectivity index (χ2n) is 4.15. The van der Waals surface area contributed by atoms with Crippen molar-refractivity contribution in [3.8, 4) is 5.75 Å². The van der Waals surface area contributed by atoms with Crippen molar-refractivity contribution in [1.82, 2.24) is 4.90 Å². The molecule has 94 valence electrons. The van der Waals surface area contributed by atoms with Gasteiger partial charge in [0.05, 0.1) is 7.11 Å². The predicted molar refractivity (Wildman–Crippen MR) is 72.3 cm³/mol. The summed E-state index contributed by atoms with van der Waals surface area (Å²) in [7, 11) is 3.67. The van der Waals surface area contributed by atoms with E-state index in [1.54, 1.807) is 14.0 Å². The Labute approximate surface area is 111 Å². The zero-order valence-electron chi connectivity index (χ0n) is 10.5. The fraction of sp³-hybridized carbons (Fsp3) is 0.462. The Morgan fingerprint density at radius 3 is 2.76 bits per heavy atom. The average molecular weight is 300 g/mol. The molecule has 0 aromatic heterocycles. The van der Waals surface area contributed by atoms with Gasteiger partial charge in [0.2, 0.25) is 0 Å². The topological polar surface area (TPSA) is 29.5 Å². The number of ketones is 1. The van der Waals surface area contributed by atoms with Crippen molar-refractivity contribution in [2.24, 2.45) is 0 Å². The maximum atomic E-state index is 10.9. The molecular formula is C13H18BrNO2. The summed E-state index contributed by atoms with van der Waals surface area (Å²) < 4.78 is 6.35. The van der Waals surface area contributed by atoms with Gasteiger partial charge in [0.15, 0.2) is 0 Å². The van der Waals surface area contributed by atoms with Crippen molar-refractivity contribution in [2.45, 2.75) is 19.9 Å². The van der Waals surface area contributed by atoms with Crippen LogP contribution in [0, 0.1) is 0 Å². The minimum absolute atomic E-state index is 0.220. The lowest BCUT2D eigenvalue weighted by molar-refractivity contribution is -0.117. The SMILES string of the molecule is COc1ccc(Br)cc1CN(C)CCC(C)=O. The lowest BCUT2D eigenvalue weighted by Gasteiger charge is -2.18. The number of rotatable bonds is 6. The number of nitrogens with zero attached hydrogens (tertiary/aromatic N) is 1. The van der Waals surface area contributed by atoms with E-state index in [-0.39, 0.29) is 5.78 Å². The second kappa shape index (κ2) is 6.77. The molecule has 4 heteroatoms. The summed E-state index contributed by atoms with van der Waals surface area (Å²) >= 11 is 3.45. The summed E-state index contributed by atoms with van der Waals surface area (Å²) in [6.45, 7) is 3.16. The Balaban J connectivity index is 2.66. The summed E-state index contributed by atoms with van der Waals surface area (Å²) in [5, 5.41) is 0. The van der Waals surface area contributed by atoms with E-state index in [1.165, 1.54) is 0 Å². The van der Waals surface area contributed by atoms with Crippen molar-refractivity contribution in [1.29, 1.82) is 0 Å². The van der Waals surface area contributed by atoms with Crippen molar-refractivity contribution in [2.75, 3.05) is 20.7 Å². The van der Waals surface area contributed by atoms with Crippen LogP contribution in [0.1, 0.15) is 18.9 Å². The van der Waals surface area contributed by atoms with Crippen molar-refractivity contribution in [3.63, 3.8) is 0 Å². The molecule has 0 fully saturated rings. The monoisotopic (exact) mass is 299 g/mol. The highest BCUT2D eigenvalue weighted by Gasteiger charge is 2.07. The van der Waals surface area contributed by atoms with Gasteiger partial charge in [-0.3, -0.25) is 4.79 Å². The summed E-state index contributed by atoms with van der Waals surface area (Å²) in [5.74, 6) is 1.10. The Hall–Kier alpha value is -0.870. The summed E-state index contributed by atoms with van der Waals surface area (Å²) in [5.41, 5.74) is 1.12. The third-order valence-electron chi connectivity index (χ3n) is 2.53. The molecule has 17 heavy (non-hydrogen) atoms. The number of methoxy groups -OCH3 is 1. The third-order valence-corrected chi connectivity index (χ3v) is 3.02. The van der Waals surface area contributed by atoms with Crippen LogP contribution in [-0.4, -0.2) is 31.4 Å². The van der Waals surface area contributed by atoms with E-state index in [1.807, 2.05) is 25.2 Å². The first-order valence-corrected chi connectivity index (χ1v) is 6.32. The van der Waals surface area contributed by atoms with Gasteiger partial charge in [-0.25, -0.2) is 0 Å². The van der Waals surface area contributed by atoms with Crippen LogP contribution in [0.5, 0.6) is 5.75 Å². The number of carbonyl (C=O) groups excluding carboxylic acids is 1. The van der Waals surface area contributed by atoms with E-state index in [9.17, 15) is 4.79 Å². The Bertz CT molecular complexity index is 393. The zero-order chi connectivity index (χ0) is 12.8. The molecule has 0 radical (unpaired) electrons. The van der Waals surface area contributed by atoms with Crippen LogP contribution in [-0.2, 0) is 11.3 Å². The lowest BCUT2D eigenvalue weighted by Crippen LogP contribution is -2.21. The number of carbonyl (C=O) groups is 1. The van der Waals surface area contributed by atoms with Gasteiger partial charge in [0, 0.05) is 29.5 Å². The van der Waals surface area contributed by atoms with Crippen LogP contribution < -0.4 is 4.74 Å². The molecule has 0 unspecified atom stereocenters. The van der Waals surface area contributed by atoms with Gasteiger partial charge >= 0.3 is 0 Å². The molecular weight excluding hydrogens is 282 g/mol. The molecule has 0 spiro atoms. The van der Waals surface area contributed by atoms with Crippen molar-refractivity contribution in [3.05, 3.63) is 28.2 Å². The van der Waals surface area contributed by atoms with Crippen LogP contribution in [0.4, 0.5) is 0 Å². The minimum Gasteiger partial charge on any atom is -0.496 e. The fourth-order valence-corrected chi connectivity index (χ4v) is 2.00. The van der Waals surface area contributed by atoms with Crippen LogP contribution in [0.15, 0.2) is 22.7 Å². The molecule has 1 aromatic rings. The van der Waals surface area contributed by atoms with Crippen LogP contribution in [0.3, 0.4) is 0 Å². The van der Waals surface area contributed by atoms with Crippen LogP contribution in [0.2, 0.25) is 0 Å². The largest absolute Gasteiger partial charge is 0.496 e. The summed E-state index contributed by atoms with van der Waals surface area (Å²) in [6, 6.07) is 5.94. The highest BCUT2D eigenvalue weighted by Crippen LogP contribution is 2.23. The molecule has 1 aromatic carbocycles. The van der Waals surface area contributed by atoms with Crippen molar-refractivity contribution >= 4 is 21.7 Å². The maximum Gasteiger partial charge on any atom is 0.131 e. The maximum absolute atomic E-state index is 10.9. The summed E-state index contributed by atoms with van der Waals surface area (Å²) in [6.07, 6.45) is 0.590. The van der Waals surface area contributed by atoms with Gasteiger partial charge in [0.25, 0.3) is 0 Å². The molecule has 0 bridgehead atoms. The molecule has 0 aliphatic heterocycles. The number of benzene rings is 1. The van der Waals surface area contributed by atoms with Gasteiger partial charge < -0.3 is 9.64 Å². The van der Waals surface area contributed by atoms with Gasteiger partial charge in [-0.05, 0) is 32.2 Å². The van der Waals surface area contributed by atoms with Crippen LogP contribution >= 0.6 is 15.9 Å². The first-order chi connectivity index (χ1) is 8.02. The molecule has 0 saturated carbocycles. The van der Waals surface area contributed by atoms with E-state index in [0.717, 1.165) is 28.9 Å². The molecule has 0 heterocycles. The molecule has 0 N–H and O–H groups in total. The molecule has 0 saturated heterocycles. The van der Waals surface area contributed by atoms with Gasteiger partial charge in [-0.15, -0.1) is 0 Å². The highest BCUT2D eigenvalue weighted by atomic mass is 79.9. The van der Waals surface area contributed by atoms with E-state index >= 15 is 0 Å². The smallest absolute Gasteiger partial charge is 0.131 e. The number of Topliss-reactive ketones (excluding diaryl/α,β-unsaturated/α-hetero) is 1.